The fourth-order valence-corrected chi connectivity index (χ4v) is 2.36. The Morgan fingerprint density at radius 1 is 1.17 bits per heavy atom. The van der Waals surface area contributed by atoms with E-state index in [0.717, 1.165) is 49.1 Å². The summed E-state index contributed by atoms with van der Waals surface area (Å²) in [6, 6.07) is 7.88. The maximum atomic E-state index is 10.7. The van der Waals surface area contributed by atoms with Crippen LogP contribution in [0, 0.1) is 5.92 Å². The normalized spacial score (nSPS) is 17.0. The number of anilines is 1. The predicted octanol–water partition coefficient (Wildman–Crippen LogP) is 2.05. The molecule has 1 fully saturated rings. The topological polar surface area (TPSA) is 46.1 Å². The van der Waals surface area contributed by atoms with Crippen LogP contribution in [0.4, 0.5) is 5.82 Å². The summed E-state index contributed by atoms with van der Waals surface area (Å²) in [5.74, 6) is 1.13. The molecule has 92 valence electrons. The molecule has 0 aliphatic carbocycles. The van der Waals surface area contributed by atoms with Crippen molar-refractivity contribution >= 4 is 23.1 Å². The van der Waals surface area contributed by atoms with Crippen LogP contribution in [0.2, 0.25) is 0 Å². The number of fused-ring (bicyclic) bond motifs is 1. The minimum Gasteiger partial charge on any atom is -0.355 e. The standard InChI is InChI=1S/C14H15N3O/c18-10-11-5-7-17(8-6-11)14-9-15-12-3-1-2-4-13(12)16-14/h1-4,9-11H,5-8H2. The molecule has 0 amide bonds. The Balaban J connectivity index is 1.84. The lowest BCUT2D eigenvalue weighted by atomic mass is 9.99. The third-order valence-electron chi connectivity index (χ3n) is 3.49. The number of hydrogen-bond acceptors (Lipinski definition) is 4. The van der Waals surface area contributed by atoms with Gasteiger partial charge in [-0.3, -0.25) is 4.98 Å². The van der Waals surface area contributed by atoms with Gasteiger partial charge in [-0.05, 0) is 25.0 Å². The minimum atomic E-state index is 0.217. The second-order valence-electron chi connectivity index (χ2n) is 4.68. The van der Waals surface area contributed by atoms with Crippen LogP contribution in [-0.4, -0.2) is 29.3 Å². The first-order valence-corrected chi connectivity index (χ1v) is 6.29. The van der Waals surface area contributed by atoms with Crippen molar-refractivity contribution in [1.82, 2.24) is 9.97 Å². The van der Waals surface area contributed by atoms with Gasteiger partial charge in [-0.15, -0.1) is 0 Å². The molecule has 0 radical (unpaired) electrons. The van der Waals surface area contributed by atoms with Crippen molar-refractivity contribution in [3.63, 3.8) is 0 Å². The molecule has 0 spiro atoms. The molecule has 0 N–H and O–H groups in total. The highest BCUT2D eigenvalue weighted by atomic mass is 16.1. The molecule has 2 heterocycles. The summed E-state index contributed by atoms with van der Waals surface area (Å²) < 4.78 is 0. The Labute approximate surface area is 106 Å². The molecule has 1 aliphatic rings. The van der Waals surface area contributed by atoms with Crippen LogP contribution in [0.3, 0.4) is 0 Å². The van der Waals surface area contributed by atoms with E-state index < -0.39 is 0 Å². The van der Waals surface area contributed by atoms with Crippen molar-refractivity contribution in [2.24, 2.45) is 5.92 Å². The van der Waals surface area contributed by atoms with E-state index in [1.54, 1.807) is 0 Å². The monoisotopic (exact) mass is 241 g/mol. The van der Waals surface area contributed by atoms with Gasteiger partial charge in [0.1, 0.15) is 12.1 Å². The van der Waals surface area contributed by atoms with Gasteiger partial charge < -0.3 is 9.69 Å². The van der Waals surface area contributed by atoms with E-state index in [9.17, 15) is 4.79 Å². The van der Waals surface area contributed by atoms with E-state index in [1.807, 2.05) is 30.5 Å². The van der Waals surface area contributed by atoms with Crippen molar-refractivity contribution in [3.05, 3.63) is 30.5 Å². The van der Waals surface area contributed by atoms with Gasteiger partial charge in [0.05, 0.1) is 17.2 Å². The molecule has 1 aliphatic heterocycles. The van der Waals surface area contributed by atoms with Gasteiger partial charge in [0.25, 0.3) is 0 Å². The number of rotatable bonds is 2. The molecule has 3 rings (SSSR count). The number of benzene rings is 1. The van der Waals surface area contributed by atoms with Gasteiger partial charge in [0, 0.05) is 19.0 Å². The first kappa shape index (κ1) is 11.1. The van der Waals surface area contributed by atoms with Crippen molar-refractivity contribution in [2.75, 3.05) is 18.0 Å². The zero-order chi connectivity index (χ0) is 12.4. The molecule has 4 heteroatoms. The highest BCUT2D eigenvalue weighted by Gasteiger charge is 2.19. The van der Waals surface area contributed by atoms with Crippen molar-refractivity contribution in [1.29, 1.82) is 0 Å². The largest absolute Gasteiger partial charge is 0.355 e. The van der Waals surface area contributed by atoms with Crippen molar-refractivity contribution in [3.8, 4) is 0 Å². The Bertz CT molecular complexity index is 562. The van der Waals surface area contributed by atoms with Crippen LogP contribution in [0.1, 0.15) is 12.8 Å². The quantitative estimate of drug-likeness (QED) is 0.755. The summed E-state index contributed by atoms with van der Waals surface area (Å²) >= 11 is 0. The predicted molar refractivity (Wildman–Crippen MR) is 70.5 cm³/mol. The lowest BCUT2D eigenvalue weighted by Gasteiger charge is -2.30. The zero-order valence-corrected chi connectivity index (χ0v) is 10.1. The van der Waals surface area contributed by atoms with Gasteiger partial charge >= 0.3 is 0 Å². The third kappa shape index (κ3) is 2.06. The molecule has 0 unspecified atom stereocenters. The summed E-state index contributed by atoms with van der Waals surface area (Å²) in [6.07, 6.45) is 4.73. The van der Waals surface area contributed by atoms with E-state index in [0.29, 0.717) is 0 Å². The molecule has 0 bridgehead atoms. The molecular weight excluding hydrogens is 226 g/mol. The average Bonchev–Trinajstić information content (AvgIpc) is 2.47. The van der Waals surface area contributed by atoms with E-state index >= 15 is 0 Å². The highest BCUT2D eigenvalue weighted by Crippen LogP contribution is 2.21. The second-order valence-corrected chi connectivity index (χ2v) is 4.68. The summed E-state index contributed by atoms with van der Waals surface area (Å²) in [4.78, 5) is 22.0. The van der Waals surface area contributed by atoms with Crippen LogP contribution >= 0.6 is 0 Å². The molecule has 1 aromatic heterocycles. The Morgan fingerprint density at radius 2 is 1.89 bits per heavy atom. The Kier molecular flexibility index (Phi) is 2.92. The highest BCUT2D eigenvalue weighted by molar-refractivity contribution is 5.75. The molecule has 4 nitrogen and oxygen atoms in total. The summed E-state index contributed by atoms with van der Waals surface area (Å²) in [6.45, 7) is 1.77. The lowest BCUT2D eigenvalue weighted by Crippen LogP contribution is -2.34. The zero-order valence-electron chi connectivity index (χ0n) is 10.1. The third-order valence-corrected chi connectivity index (χ3v) is 3.49. The molecule has 2 aromatic rings. The Hall–Kier alpha value is -1.97. The molecule has 0 saturated carbocycles. The van der Waals surface area contributed by atoms with E-state index in [2.05, 4.69) is 14.9 Å². The lowest BCUT2D eigenvalue weighted by molar-refractivity contribution is -0.111. The van der Waals surface area contributed by atoms with E-state index in [-0.39, 0.29) is 5.92 Å². The molecule has 0 atom stereocenters. The number of hydrogen-bond donors (Lipinski definition) is 0. The van der Waals surface area contributed by atoms with Crippen molar-refractivity contribution in [2.45, 2.75) is 12.8 Å². The SMILES string of the molecule is O=CC1CCN(c2cnc3ccccc3n2)CC1. The number of nitrogens with zero attached hydrogens (tertiary/aromatic N) is 3. The number of aromatic nitrogens is 2. The fourth-order valence-electron chi connectivity index (χ4n) is 2.36. The van der Waals surface area contributed by atoms with Crippen LogP contribution in [0.15, 0.2) is 30.5 Å². The molecule has 1 saturated heterocycles. The number of aldehydes is 1. The summed E-state index contributed by atoms with van der Waals surface area (Å²) in [7, 11) is 0. The second kappa shape index (κ2) is 4.72. The van der Waals surface area contributed by atoms with Gasteiger partial charge in [-0.25, -0.2) is 4.98 Å². The van der Waals surface area contributed by atoms with Gasteiger partial charge in [-0.1, -0.05) is 12.1 Å². The molecule has 18 heavy (non-hydrogen) atoms. The van der Waals surface area contributed by atoms with Gasteiger partial charge in [0.2, 0.25) is 0 Å². The summed E-state index contributed by atoms with van der Waals surface area (Å²) in [5.41, 5.74) is 1.84. The smallest absolute Gasteiger partial charge is 0.147 e. The first-order chi connectivity index (χ1) is 8.86. The fraction of sp³-hybridized carbons (Fsp3) is 0.357. The Morgan fingerprint density at radius 3 is 2.61 bits per heavy atom. The summed E-state index contributed by atoms with van der Waals surface area (Å²) in [5, 5.41) is 0. The van der Waals surface area contributed by atoms with Crippen LogP contribution in [-0.2, 0) is 4.79 Å². The average molecular weight is 241 g/mol. The maximum Gasteiger partial charge on any atom is 0.147 e. The van der Waals surface area contributed by atoms with Crippen LogP contribution in [0.5, 0.6) is 0 Å². The van der Waals surface area contributed by atoms with Gasteiger partial charge in [0.15, 0.2) is 0 Å². The number of piperidine rings is 1. The molecular formula is C14H15N3O. The van der Waals surface area contributed by atoms with Crippen LogP contribution in [0.25, 0.3) is 11.0 Å². The van der Waals surface area contributed by atoms with Crippen molar-refractivity contribution < 1.29 is 4.79 Å². The van der Waals surface area contributed by atoms with Gasteiger partial charge in [-0.2, -0.15) is 0 Å². The van der Waals surface area contributed by atoms with E-state index in [4.69, 9.17) is 0 Å². The van der Waals surface area contributed by atoms with Crippen LogP contribution < -0.4 is 4.90 Å². The number of para-hydroxylation sites is 2. The molecule has 1 aromatic carbocycles. The minimum absolute atomic E-state index is 0.217. The number of carbonyl (C=O) groups is 1. The number of carbonyl (C=O) groups excluding carboxylic acids is 1. The first-order valence-electron chi connectivity index (χ1n) is 6.29. The van der Waals surface area contributed by atoms with E-state index in [1.165, 1.54) is 0 Å². The maximum absolute atomic E-state index is 10.7.